The maximum Gasteiger partial charge on any atom is 0.319 e. The van der Waals surface area contributed by atoms with E-state index >= 15 is 0 Å². The molecule has 0 bridgehead atoms. The van der Waals surface area contributed by atoms with Gasteiger partial charge in [0, 0.05) is 24.4 Å². The third kappa shape index (κ3) is 4.72. The molecule has 2 amide bonds. The van der Waals surface area contributed by atoms with Gasteiger partial charge in [0.05, 0.1) is 5.60 Å². The normalized spacial score (nSPS) is 22.4. The Morgan fingerprint density at radius 2 is 2.05 bits per heavy atom. The Bertz CT molecular complexity index is 483. The summed E-state index contributed by atoms with van der Waals surface area (Å²) in [5, 5.41) is 5.86. The van der Waals surface area contributed by atoms with Gasteiger partial charge in [-0.1, -0.05) is 12.1 Å². The first kappa shape index (κ1) is 15.8. The number of hydrogen-bond donors (Lipinski definition) is 3. The van der Waals surface area contributed by atoms with Crippen LogP contribution in [-0.4, -0.2) is 24.3 Å². The van der Waals surface area contributed by atoms with Crippen LogP contribution < -0.4 is 16.4 Å². The van der Waals surface area contributed by atoms with Gasteiger partial charge in [-0.2, -0.15) is 0 Å². The van der Waals surface area contributed by atoms with E-state index in [0.717, 1.165) is 24.1 Å². The van der Waals surface area contributed by atoms with Crippen LogP contribution >= 0.6 is 0 Å². The molecular weight excluding hydrogens is 266 g/mol. The molecule has 0 spiro atoms. The fourth-order valence-electron chi connectivity index (χ4n) is 2.58. The number of carbonyl (C=O) groups is 1. The van der Waals surface area contributed by atoms with Gasteiger partial charge >= 0.3 is 6.03 Å². The lowest BCUT2D eigenvalue weighted by molar-refractivity contribution is -0.0609. The molecule has 0 aromatic heterocycles. The van der Waals surface area contributed by atoms with Crippen LogP contribution in [0.25, 0.3) is 0 Å². The third-order valence-electron chi connectivity index (χ3n) is 3.73. The van der Waals surface area contributed by atoms with Crippen LogP contribution in [0.1, 0.15) is 45.2 Å². The minimum absolute atomic E-state index is 0.00246. The second kappa shape index (κ2) is 6.45. The molecule has 1 aromatic rings. The summed E-state index contributed by atoms with van der Waals surface area (Å²) < 4.78 is 5.65. The van der Waals surface area contributed by atoms with E-state index in [4.69, 9.17) is 10.5 Å². The van der Waals surface area contributed by atoms with Crippen molar-refractivity contribution in [2.75, 3.05) is 11.9 Å². The fraction of sp³-hybridized carbons (Fsp3) is 0.562. The van der Waals surface area contributed by atoms with E-state index in [1.165, 1.54) is 0 Å². The minimum Gasteiger partial charge on any atom is -0.375 e. The quantitative estimate of drug-likeness (QED) is 0.801. The highest BCUT2D eigenvalue weighted by atomic mass is 16.5. The Labute approximate surface area is 126 Å². The number of nitrogens with two attached hydrogens (primary N) is 1. The number of ether oxygens (including phenoxy) is 1. The van der Waals surface area contributed by atoms with Crippen molar-refractivity contribution >= 4 is 11.7 Å². The Morgan fingerprint density at radius 3 is 2.62 bits per heavy atom. The molecule has 5 nitrogen and oxygen atoms in total. The van der Waals surface area contributed by atoms with Crippen LogP contribution in [0.3, 0.4) is 0 Å². The van der Waals surface area contributed by atoms with Crippen molar-refractivity contribution < 1.29 is 9.53 Å². The summed E-state index contributed by atoms with van der Waals surface area (Å²) in [5.74, 6) is 0. The van der Waals surface area contributed by atoms with Crippen LogP contribution in [0.2, 0.25) is 0 Å². The van der Waals surface area contributed by atoms with E-state index in [1.54, 1.807) is 0 Å². The molecule has 1 heterocycles. The number of carbonyl (C=O) groups excluding carboxylic acids is 1. The van der Waals surface area contributed by atoms with Gasteiger partial charge in [0.2, 0.25) is 0 Å². The summed E-state index contributed by atoms with van der Waals surface area (Å²) in [7, 11) is 0. The highest BCUT2D eigenvalue weighted by Crippen LogP contribution is 2.24. The molecule has 0 aliphatic carbocycles. The summed E-state index contributed by atoms with van der Waals surface area (Å²) in [5.41, 5.74) is 7.45. The molecule has 0 radical (unpaired) electrons. The molecule has 4 N–H and O–H groups in total. The molecule has 5 heteroatoms. The molecule has 2 atom stereocenters. The summed E-state index contributed by atoms with van der Waals surface area (Å²) in [4.78, 5) is 12.0. The lowest BCUT2D eigenvalue weighted by atomic mass is 9.94. The third-order valence-corrected chi connectivity index (χ3v) is 3.73. The number of benzene rings is 1. The number of anilines is 1. The number of amides is 2. The highest BCUT2D eigenvalue weighted by Gasteiger charge is 2.29. The first-order valence-corrected chi connectivity index (χ1v) is 7.43. The van der Waals surface area contributed by atoms with Crippen molar-refractivity contribution in [2.45, 2.75) is 51.3 Å². The fourth-order valence-corrected chi connectivity index (χ4v) is 2.58. The lowest BCUT2D eigenvalue weighted by Crippen LogP contribution is -2.47. The van der Waals surface area contributed by atoms with Crippen LogP contribution in [-0.2, 0) is 4.74 Å². The molecule has 2 unspecified atom stereocenters. The first-order valence-electron chi connectivity index (χ1n) is 7.43. The highest BCUT2D eigenvalue weighted by molar-refractivity contribution is 5.89. The average molecular weight is 291 g/mol. The van der Waals surface area contributed by atoms with E-state index in [-0.39, 0.29) is 23.7 Å². The van der Waals surface area contributed by atoms with Crippen LogP contribution in [0.15, 0.2) is 24.3 Å². The Hall–Kier alpha value is -1.59. The van der Waals surface area contributed by atoms with Crippen molar-refractivity contribution in [3.8, 4) is 0 Å². The summed E-state index contributed by atoms with van der Waals surface area (Å²) in [6.07, 6.45) is 1.67. The minimum atomic E-state index is -0.175. The summed E-state index contributed by atoms with van der Waals surface area (Å²) in [6.45, 7) is 6.71. The van der Waals surface area contributed by atoms with E-state index in [9.17, 15) is 4.79 Å². The molecule has 2 rings (SSSR count). The van der Waals surface area contributed by atoms with E-state index in [0.29, 0.717) is 6.61 Å². The van der Waals surface area contributed by atoms with E-state index in [2.05, 4.69) is 10.6 Å². The largest absolute Gasteiger partial charge is 0.375 e. The number of hydrogen-bond acceptors (Lipinski definition) is 3. The zero-order valence-corrected chi connectivity index (χ0v) is 13.0. The van der Waals surface area contributed by atoms with E-state index in [1.807, 2.05) is 45.0 Å². The molecule has 21 heavy (non-hydrogen) atoms. The standard InChI is InChI=1S/C16H25N3O2/c1-11(17)12-4-6-13(7-5-12)18-15(20)19-14-8-9-21-16(2,3)10-14/h4-7,11,14H,8-10,17H2,1-3H3,(H2,18,19,20). The summed E-state index contributed by atoms with van der Waals surface area (Å²) >= 11 is 0. The second-order valence-electron chi connectivity index (χ2n) is 6.31. The van der Waals surface area contributed by atoms with Gasteiger partial charge in [-0.3, -0.25) is 0 Å². The van der Waals surface area contributed by atoms with Crippen molar-refractivity contribution in [3.05, 3.63) is 29.8 Å². The van der Waals surface area contributed by atoms with Gasteiger partial charge in [-0.05, 0) is 51.3 Å². The van der Waals surface area contributed by atoms with Crippen molar-refractivity contribution in [1.29, 1.82) is 0 Å². The molecule has 0 saturated carbocycles. The van der Waals surface area contributed by atoms with Crippen molar-refractivity contribution in [2.24, 2.45) is 5.73 Å². The molecule has 1 aliphatic heterocycles. The molecule has 116 valence electrons. The van der Waals surface area contributed by atoms with Gasteiger partial charge in [0.25, 0.3) is 0 Å². The zero-order chi connectivity index (χ0) is 15.5. The van der Waals surface area contributed by atoms with E-state index < -0.39 is 0 Å². The van der Waals surface area contributed by atoms with Gasteiger partial charge < -0.3 is 21.1 Å². The van der Waals surface area contributed by atoms with Crippen LogP contribution in [0, 0.1) is 0 Å². The smallest absolute Gasteiger partial charge is 0.319 e. The molecular formula is C16H25N3O2. The number of nitrogens with one attached hydrogen (secondary N) is 2. The SMILES string of the molecule is CC(N)c1ccc(NC(=O)NC2CCOC(C)(C)C2)cc1. The molecule has 1 aliphatic rings. The predicted octanol–water partition coefficient (Wildman–Crippen LogP) is 2.79. The first-order chi connectivity index (χ1) is 9.85. The Balaban J connectivity index is 1.86. The van der Waals surface area contributed by atoms with Crippen LogP contribution in [0.5, 0.6) is 0 Å². The summed E-state index contributed by atoms with van der Waals surface area (Å²) in [6, 6.07) is 7.56. The van der Waals surface area contributed by atoms with Gasteiger partial charge in [0.15, 0.2) is 0 Å². The number of rotatable bonds is 3. The van der Waals surface area contributed by atoms with Crippen molar-refractivity contribution in [1.82, 2.24) is 5.32 Å². The van der Waals surface area contributed by atoms with Gasteiger partial charge in [0.1, 0.15) is 0 Å². The average Bonchev–Trinajstić information content (AvgIpc) is 2.37. The maximum atomic E-state index is 12.0. The second-order valence-corrected chi connectivity index (χ2v) is 6.31. The van der Waals surface area contributed by atoms with Gasteiger partial charge in [-0.25, -0.2) is 4.79 Å². The Morgan fingerprint density at radius 1 is 1.38 bits per heavy atom. The zero-order valence-electron chi connectivity index (χ0n) is 13.0. The van der Waals surface area contributed by atoms with Crippen LogP contribution in [0.4, 0.5) is 10.5 Å². The molecule has 1 aromatic carbocycles. The van der Waals surface area contributed by atoms with Crippen molar-refractivity contribution in [3.63, 3.8) is 0 Å². The topological polar surface area (TPSA) is 76.4 Å². The molecule has 1 saturated heterocycles. The maximum absolute atomic E-state index is 12.0. The number of urea groups is 1. The predicted molar refractivity (Wildman–Crippen MR) is 84.3 cm³/mol. The Kier molecular flexibility index (Phi) is 4.85. The lowest BCUT2D eigenvalue weighted by Gasteiger charge is -2.35. The monoisotopic (exact) mass is 291 g/mol. The molecule has 1 fully saturated rings. The van der Waals surface area contributed by atoms with Gasteiger partial charge in [-0.15, -0.1) is 0 Å².